The SMILES string of the molecule is C/C(=C\SC(=N)c1cncc2ccccc12)C1=CC2CCC2(C)C=C1. The summed E-state index contributed by atoms with van der Waals surface area (Å²) in [7, 11) is 0. The number of fused-ring (bicyclic) bond motifs is 2. The third-order valence-electron chi connectivity index (χ3n) is 5.59. The summed E-state index contributed by atoms with van der Waals surface area (Å²) in [5.74, 6) is 0.683. The molecule has 2 aliphatic rings. The third-order valence-corrected chi connectivity index (χ3v) is 6.51. The molecule has 25 heavy (non-hydrogen) atoms. The summed E-state index contributed by atoms with van der Waals surface area (Å²) in [5.41, 5.74) is 3.82. The van der Waals surface area contributed by atoms with Gasteiger partial charge in [-0.2, -0.15) is 0 Å². The molecule has 0 radical (unpaired) electrons. The summed E-state index contributed by atoms with van der Waals surface area (Å²) in [5, 5.41) is 13.3. The fourth-order valence-electron chi connectivity index (χ4n) is 3.64. The van der Waals surface area contributed by atoms with E-state index in [-0.39, 0.29) is 0 Å². The van der Waals surface area contributed by atoms with Crippen molar-refractivity contribution in [2.24, 2.45) is 11.3 Å². The van der Waals surface area contributed by atoms with Crippen LogP contribution < -0.4 is 0 Å². The zero-order chi connectivity index (χ0) is 17.4. The van der Waals surface area contributed by atoms with Crippen LogP contribution in [0.15, 0.2) is 71.4 Å². The molecule has 0 spiro atoms. The lowest BCUT2D eigenvalue weighted by Crippen LogP contribution is -2.36. The fraction of sp³-hybridized carbons (Fsp3) is 0.273. The quantitative estimate of drug-likeness (QED) is 0.538. The Balaban J connectivity index is 1.53. The van der Waals surface area contributed by atoms with Gasteiger partial charge in [-0.15, -0.1) is 0 Å². The Hall–Kier alpha value is -2.13. The molecule has 2 unspecified atom stereocenters. The molecule has 1 heterocycles. The highest BCUT2D eigenvalue weighted by Crippen LogP contribution is 2.51. The molecule has 0 saturated heterocycles. The second-order valence-electron chi connectivity index (χ2n) is 7.26. The average Bonchev–Trinajstić information content (AvgIpc) is 2.63. The minimum absolute atomic E-state index is 0.387. The van der Waals surface area contributed by atoms with Gasteiger partial charge >= 0.3 is 0 Å². The van der Waals surface area contributed by atoms with Gasteiger partial charge in [0.2, 0.25) is 0 Å². The Morgan fingerprint density at radius 2 is 2.16 bits per heavy atom. The monoisotopic (exact) mass is 346 g/mol. The van der Waals surface area contributed by atoms with Crippen molar-refractivity contribution in [3.8, 4) is 0 Å². The number of pyridine rings is 1. The fourth-order valence-corrected chi connectivity index (χ4v) is 4.36. The van der Waals surface area contributed by atoms with Crippen LogP contribution in [0.3, 0.4) is 0 Å². The van der Waals surface area contributed by atoms with E-state index in [0.717, 1.165) is 16.3 Å². The molecule has 2 nitrogen and oxygen atoms in total. The van der Waals surface area contributed by atoms with Crippen molar-refractivity contribution in [1.29, 1.82) is 5.41 Å². The molecule has 0 aliphatic heterocycles. The zero-order valence-corrected chi connectivity index (χ0v) is 15.4. The van der Waals surface area contributed by atoms with Gasteiger partial charge in [0.05, 0.1) is 0 Å². The van der Waals surface area contributed by atoms with E-state index in [2.05, 4.69) is 48.5 Å². The van der Waals surface area contributed by atoms with Gasteiger partial charge in [-0.3, -0.25) is 10.4 Å². The van der Waals surface area contributed by atoms with Crippen molar-refractivity contribution in [3.05, 3.63) is 77.0 Å². The van der Waals surface area contributed by atoms with E-state index in [1.165, 1.54) is 35.7 Å². The third kappa shape index (κ3) is 2.98. The molecular weight excluding hydrogens is 324 g/mol. The van der Waals surface area contributed by atoms with E-state index in [9.17, 15) is 0 Å². The van der Waals surface area contributed by atoms with Crippen molar-refractivity contribution in [3.63, 3.8) is 0 Å². The Labute approximate surface area is 153 Å². The maximum absolute atomic E-state index is 8.47. The first kappa shape index (κ1) is 16.3. The first-order valence-electron chi connectivity index (χ1n) is 8.73. The summed E-state index contributed by atoms with van der Waals surface area (Å²) in [4.78, 5) is 4.29. The van der Waals surface area contributed by atoms with E-state index < -0.39 is 0 Å². The number of nitrogens with zero attached hydrogens (tertiary/aromatic N) is 1. The number of allylic oxidation sites excluding steroid dienone is 5. The van der Waals surface area contributed by atoms with Crippen LogP contribution in [0.5, 0.6) is 0 Å². The van der Waals surface area contributed by atoms with Crippen molar-refractivity contribution in [1.82, 2.24) is 4.98 Å². The second-order valence-corrected chi connectivity index (χ2v) is 8.14. The standard InChI is InChI=1S/C22H22N2S/c1-15(16-7-9-22(2)10-8-18(22)11-16)14-25-21(23)20-13-24-12-17-5-3-4-6-19(17)20/h3-7,9,11-14,18,23H,8,10H2,1-2H3/b15-14+,23-21?. The smallest absolute Gasteiger partial charge is 0.101 e. The van der Waals surface area contributed by atoms with Gasteiger partial charge < -0.3 is 0 Å². The summed E-state index contributed by atoms with van der Waals surface area (Å²) in [6.45, 7) is 4.49. The van der Waals surface area contributed by atoms with Crippen LogP contribution in [0.2, 0.25) is 0 Å². The minimum atomic E-state index is 0.387. The van der Waals surface area contributed by atoms with Crippen molar-refractivity contribution in [2.45, 2.75) is 26.7 Å². The number of hydrogen-bond donors (Lipinski definition) is 1. The lowest BCUT2D eigenvalue weighted by atomic mass is 9.59. The van der Waals surface area contributed by atoms with Crippen molar-refractivity contribution >= 4 is 27.6 Å². The van der Waals surface area contributed by atoms with Gasteiger partial charge in [0.1, 0.15) is 5.04 Å². The molecule has 1 aromatic heterocycles. The maximum atomic E-state index is 8.47. The van der Waals surface area contributed by atoms with Gasteiger partial charge in [-0.25, -0.2) is 0 Å². The highest BCUT2D eigenvalue weighted by Gasteiger charge is 2.40. The van der Waals surface area contributed by atoms with Gasteiger partial charge in [0.25, 0.3) is 0 Å². The topological polar surface area (TPSA) is 36.7 Å². The van der Waals surface area contributed by atoms with Crippen LogP contribution in [-0.2, 0) is 0 Å². The van der Waals surface area contributed by atoms with Crippen LogP contribution in [-0.4, -0.2) is 10.0 Å². The molecule has 2 aliphatic carbocycles. The van der Waals surface area contributed by atoms with Crippen LogP contribution in [0.25, 0.3) is 10.8 Å². The van der Waals surface area contributed by atoms with E-state index >= 15 is 0 Å². The normalized spacial score (nSPS) is 25.3. The molecule has 1 aromatic carbocycles. The maximum Gasteiger partial charge on any atom is 0.101 e. The van der Waals surface area contributed by atoms with Crippen LogP contribution >= 0.6 is 11.8 Å². The number of thioether (sulfide) groups is 1. The highest BCUT2D eigenvalue weighted by atomic mass is 32.2. The average molecular weight is 346 g/mol. The number of rotatable bonds is 3. The van der Waals surface area contributed by atoms with Gasteiger partial charge in [-0.1, -0.05) is 61.2 Å². The molecule has 4 rings (SSSR count). The lowest BCUT2D eigenvalue weighted by Gasteiger charge is -2.46. The van der Waals surface area contributed by atoms with Gasteiger partial charge in [0.15, 0.2) is 0 Å². The molecule has 2 atom stereocenters. The van der Waals surface area contributed by atoms with Crippen molar-refractivity contribution < 1.29 is 0 Å². The van der Waals surface area contributed by atoms with E-state index in [4.69, 9.17) is 5.41 Å². The van der Waals surface area contributed by atoms with E-state index in [1.54, 1.807) is 6.20 Å². The summed E-state index contributed by atoms with van der Waals surface area (Å²) in [6.07, 6.45) is 13.3. The largest absolute Gasteiger partial charge is 0.293 e. The Morgan fingerprint density at radius 3 is 2.92 bits per heavy atom. The van der Waals surface area contributed by atoms with Gasteiger partial charge in [-0.05, 0) is 53.0 Å². The second kappa shape index (κ2) is 6.30. The number of aromatic nitrogens is 1. The lowest BCUT2D eigenvalue weighted by molar-refractivity contribution is 0.148. The number of hydrogen-bond acceptors (Lipinski definition) is 3. The molecule has 0 bridgehead atoms. The minimum Gasteiger partial charge on any atom is -0.293 e. The van der Waals surface area contributed by atoms with E-state index in [0.29, 0.717) is 16.4 Å². The van der Waals surface area contributed by atoms with Gasteiger partial charge in [0, 0.05) is 23.3 Å². The number of benzene rings is 1. The van der Waals surface area contributed by atoms with Crippen LogP contribution in [0.1, 0.15) is 32.3 Å². The molecule has 126 valence electrons. The molecule has 0 amide bonds. The molecular formula is C22H22N2S. The summed E-state index contributed by atoms with van der Waals surface area (Å²) in [6, 6.07) is 8.11. The van der Waals surface area contributed by atoms with E-state index in [1.807, 2.05) is 24.4 Å². The van der Waals surface area contributed by atoms with Crippen molar-refractivity contribution in [2.75, 3.05) is 0 Å². The zero-order valence-electron chi connectivity index (χ0n) is 14.6. The molecule has 1 fully saturated rings. The molecule has 3 heteroatoms. The molecule has 1 saturated carbocycles. The Morgan fingerprint density at radius 1 is 1.32 bits per heavy atom. The Kier molecular flexibility index (Phi) is 4.12. The first-order chi connectivity index (χ1) is 12.1. The van der Waals surface area contributed by atoms with Crippen LogP contribution in [0.4, 0.5) is 0 Å². The molecule has 2 aromatic rings. The predicted molar refractivity (Wildman–Crippen MR) is 108 cm³/mol. The summed E-state index contributed by atoms with van der Waals surface area (Å²) < 4.78 is 0. The first-order valence-corrected chi connectivity index (χ1v) is 9.61. The highest BCUT2D eigenvalue weighted by molar-refractivity contribution is 8.16. The number of nitrogens with one attached hydrogen (secondary N) is 1. The predicted octanol–water partition coefficient (Wildman–Crippen LogP) is 6.11. The summed E-state index contributed by atoms with van der Waals surface area (Å²) >= 11 is 1.47. The Bertz CT molecular complexity index is 933. The van der Waals surface area contributed by atoms with Crippen LogP contribution in [0, 0.1) is 16.7 Å². The molecule has 1 N–H and O–H groups in total.